The van der Waals surface area contributed by atoms with E-state index >= 15 is 0 Å². The van der Waals surface area contributed by atoms with Gasteiger partial charge in [-0.3, -0.25) is 0 Å². The fourth-order valence-corrected chi connectivity index (χ4v) is 4.96. The molecule has 0 radical (unpaired) electrons. The SMILES string of the molecule is O=C1C=C2C(=CC(OC3CCCCO3)=C2CC[C@@H](CCc2ccccc2)OC2CCCCO2)O1. The molecule has 0 bridgehead atoms. The van der Waals surface area contributed by atoms with Crippen molar-refractivity contribution in [2.75, 3.05) is 13.2 Å². The summed E-state index contributed by atoms with van der Waals surface area (Å²) in [5, 5.41) is 0. The van der Waals surface area contributed by atoms with Crippen LogP contribution in [0.2, 0.25) is 0 Å². The highest BCUT2D eigenvalue weighted by Crippen LogP contribution is 2.40. The van der Waals surface area contributed by atoms with Gasteiger partial charge < -0.3 is 23.7 Å². The Kier molecular flexibility index (Phi) is 7.79. The van der Waals surface area contributed by atoms with Crippen LogP contribution in [0.15, 0.2) is 65.1 Å². The van der Waals surface area contributed by atoms with Crippen molar-refractivity contribution in [3.05, 3.63) is 70.7 Å². The van der Waals surface area contributed by atoms with Gasteiger partial charge in [-0.25, -0.2) is 4.79 Å². The molecule has 0 aromatic heterocycles. The Morgan fingerprint density at radius 3 is 2.35 bits per heavy atom. The Hall–Kier alpha value is -2.41. The predicted molar refractivity (Wildman–Crippen MR) is 126 cm³/mol. The van der Waals surface area contributed by atoms with Crippen molar-refractivity contribution in [3.8, 4) is 0 Å². The largest absolute Gasteiger partial charge is 0.465 e. The number of esters is 1. The Balaban J connectivity index is 1.28. The molecule has 2 unspecified atom stereocenters. The summed E-state index contributed by atoms with van der Waals surface area (Å²) >= 11 is 0. The van der Waals surface area contributed by atoms with Crippen LogP contribution in [-0.2, 0) is 34.9 Å². The maximum atomic E-state index is 11.9. The van der Waals surface area contributed by atoms with Gasteiger partial charge in [-0.1, -0.05) is 30.3 Å². The summed E-state index contributed by atoms with van der Waals surface area (Å²) in [5.41, 5.74) is 3.15. The zero-order valence-corrected chi connectivity index (χ0v) is 19.7. The highest BCUT2D eigenvalue weighted by molar-refractivity contribution is 5.91. The Labute approximate surface area is 201 Å². The molecule has 1 aromatic carbocycles. The molecular weight excluding hydrogens is 432 g/mol. The van der Waals surface area contributed by atoms with Crippen LogP contribution >= 0.6 is 0 Å². The fraction of sp³-hybridized carbons (Fsp3) is 0.536. The number of hydrogen-bond donors (Lipinski definition) is 0. The van der Waals surface area contributed by atoms with E-state index in [1.54, 1.807) is 6.08 Å². The molecule has 4 aliphatic rings. The van der Waals surface area contributed by atoms with Gasteiger partial charge in [0.2, 0.25) is 0 Å². The summed E-state index contributed by atoms with van der Waals surface area (Å²) in [4.78, 5) is 11.9. The third-order valence-corrected chi connectivity index (χ3v) is 6.82. The second-order valence-electron chi connectivity index (χ2n) is 9.36. The van der Waals surface area contributed by atoms with Crippen LogP contribution in [-0.4, -0.2) is 37.9 Å². The van der Waals surface area contributed by atoms with Crippen LogP contribution in [0.4, 0.5) is 0 Å². The van der Waals surface area contributed by atoms with Crippen molar-refractivity contribution in [1.29, 1.82) is 0 Å². The van der Waals surface area contributed by atoms with E-state index in [0.29, 0.717) is 5.76 Å². The lowest BCUT2D eigenvalue weighted by atomic mass is 9.97. The van der Waals surface area contributed by atoms with Crippen molar-refractivity contribution >= 4 is 5.97 Å². The van der Waals surface area contributed by atoms with E-state index in [1.807, 2.05) is 12.1 Å². The first-order valence-corrected chi connectivity index (χ1v) is 12.7. The number of allylic oxidation sites excluding steroid dienone is 2. The number of hydrogen-bond acceptors (Lipinski definition) is 6. The first-order valence-electron chi connectivity index (χ1n) is 12.7. The van der Waals surface area contributed by atoms with E-state index in [9.17, 15) is 4.79 Å². The van der Waals surface area contributed by atoms with Crippen LogP contribution in [0, 0.1) is 0 Å². The lowest BCUT2D eigenvalue weighted by Crippen LogP contribution is -2.28. The molecule has 5 rings (SSSR count). The van der Waals surface area contributed by atoms with Gasteiger partial charge in [-0.15, -0.1) is 0 Å². The van der Waals surface area contributed by atoms with Crippen molar-refractivity contribution in [2.24, 2.45) is 0 Å². The summed E-state index contributed by atoms with van der Waals surface area (Å²) in [5.74, 6) is 1.03. The van der Waals surface area contributed by atoms with Crippen molar-refractivity contribution in [3.63, 3.8) is 0 Å². The fourth-order valence-electron chi connectivity index (χ4n) is 4.96. The third kappa shape index (κ3) is 5.98. The second kappa shape index (κ2) is 11.3. The van der Waals surface area contributed by atoms with Gasteiger partial charge in [0.25, 0.3) is 0 Å². The monoisotopic (exact) mass is 466 g/mol. The van der Waals surface area contributed by atoms with Crippen LogP contribution in [0.1, 0.15) is 63.4 Å². The highest BCUT2D eigenvalue weighted by Gasteiger charge is 2.33. The standard InChI is InChI=1S/C28H34O6/c29-26-18-23-22(24(19-25(23)33-26)34-28-11-5-7-17-31-28)15-14-21(32-27-10-4-6-16-30-27)13-12-20-8-2-1-3-9-20/h1-3,8-9,18-19,21,27-28H,4-7,10-17H2/t21-,27?,28?/m1/s1. The van der Waals surface area contributed by atoms with Gasteiger partial charge in [0.1, 0.15) is 11.5 Å². The molecule has 3 heterocycles. The maximum Gasteiger partial charge on any atom is 0.336 e. The minimum absolute atomic E-state index is 0.0469. The smallest absolute Gasteiger partial charge is 0.336 e. The first kappa shape index (κ1) is 23.3. The van der Waals surface area contributed by atoms with Crippen LogP contribution in [0.25, 0.3) is 0 Å². The van der Waals surface area contributed by atoms with Crippen molar-refractivity contribution in [2.45, 2.75) is 82.9 Å². The molecule has 2 fully saturated rings. The average molecular weight is 467 g/mol. The number of carbonyl (C=O) groups is 1. The van der Waals surface area contributed by atoms with E-state index < -0.39 is 0 Å². The number of carbonyl (C=O) groups excluding carboxylic acids is 1. The van der Waals surface area contributed by atoms with Gasteiger partial charge in [0, 0.05) is 36.3 Å². The van der Waals surface area contributed by atoms with Crippen LogP contribution < -0.4 is 0 Å². The van der Waals surface area contributed by atoms with E-state index in [1.165, 1.54) is 5.56 Å². The Bertz CT molecular complexity index is 935. The molecule has 1 aliphatic carbocycles. The molecule has 34 heavy (non-hydrogen) atoms. The van der Waals surface area contributed by atoms with Gasteiger partial charge >= 0.3 is 5.97 Å². The normalized spacial score (nSPS) is 25.5. The quantitative estimate of drug-likeness (QED) is 0.425. The van der Waals surface area contributed by atoms with E-state index in [2.05, 4.69) is 24.3 Å². The average Bonchev–Trinajstić information content (AvgIpc) is 3.38. The molecule has 3 aliphatic heterocycles. The van der Waals surface area contributed by atoms with Crippen LogP contribution in [0.5, 0.6) is 0 Å². The topological polar surface area (TPSA) is 63.2 Å². The van der Waals surface area contributed by atoms with Gasteiger partial charge in [0.15, 0.2) is 12.6 Å². The zero-order valence-electron chi connectivity index (χ0n) is 19.7. The minimum Gasteiger partial charge on any atom is -0.465 e. The molecular formula is C28H34O6. The number of aryl methyl sites for hydroxylation is 1. The van der Waals surface area contributed by atoms with Crippen molar-refractivity contribution < 1.29 is 28.5 Å². The zero-order chi connectivity index (χ0) is 23.2. The van der Waals surface area contributed by atoms with Crippen molar-refractivity contribution in [1.82, 2.24) is 0 Å². The molecule has 0 N–H and O–H groups in total. The summed E-state index contributed by atoms with van der Waals surface area (Å²) < 4.78 is 29.7. The van der Waals surface area contributed by atoms with E-state index in [0.717, 1.165) is 94.3 Å². The molecule has 6 heteroatoms. The maximum absolute atomic E-state index is 11.9. The van der Waals surface area contributed by atoms with Gasteiger partial charge in [-0.2, -0.15) is 0 Å². The number of benzene rings is 1. The Morgan fingerprint density at radius 2 is 1.62 bits per heavy atom. The summed E-state index contributed by atoms with van der Waals surface area (Å²) in [6, 6.07) is 10.5. The van der Waals surface area contributed by atoms with Gasteiger partial charge in [-0.05, 0) is 63.4 Å². The minimum atomic E-state index is -0.320. The summed E-state index contributed by atoms with van der Waals surface area (Å²) in [7, 11) is 0. The number of ether oxygens (including phenoxy) is 5. The molecule has 3 atom stereocenters. The summed E-state index contributed by atoms with van der Waals surface area (Å²) in [6.45, 7) is 1.48. The molecule has 0 spiro atoms. The molecule has 2 saturated heterocycles. The molecule has 0 saturated carbocycles. The lowest BCUT2D eigenvalue weighted by molar-refractivity contribution is -0.190. The highest BCUT2D eigenvalue weighted by atomic mass is 16.7. The van der Waals surface area contributed by atoms with Gasteiger partial charge in [0.05, 0.1) is 12.7 Å². The summed E-state index contributed by atoms with van der Waals surface area (Å²) in [6.07, 6.45) is 12.7. The van der Waals surface area contributed by atoms with Crippen LogP contribution in [0.3, 0.4) is 0 Å². The number of rotatable bonds is 10. The second-order valence-corrected chi connectivity index (χ2v) is 9.36. The molecule has 1 aromatic rings. The van der Waals surface area contributed by atoms with E-state index in [-0.39, 0.29) is 24.7 Å². The molecule has 182 valence electrons. The first-order chi connectivity index (χ1) is 16.7. The third-order valence-electron chi connectivity index (χ3n) is 6.82. The Morgan fingerprint density at radius 1 is 0.882 bits per heavy atom. The lowest BCUT2D eigenvalue weighted by Gasteiger charge is -2.28. The van der Waals surface area contributed by atoms with E-state index in [4.69, 9.17) is 23.7 Å². The predicted octanol–water partition coefficient (Wildman–Crippen LogP) is 5.49. The number of fused-ring (bicyclic) bond motifs is 1. The molecule has 6 nitrogen and oxygen atoms in total. The molecule has 0 amide bonds.